The van der Waals surface area contributed by atoms with E-state index in [4.69, 9.17) is 0 Å². The lowest BCUT2D eigenvalue weighted by Gasteiger charge is -2.46. The Morgan fingerprint density at radius 3 is 1.16 bits per heavy atom. The van der Waals surface area contributed by atoms with Crippen molar-refractivity contribution in [1.29, 1.82) is 0 Å². The summed E-state index contributed by atoms with van der Waals surface area (Å²) in [6, 6.07) is 35.3. The molecule has 3 heteroatoms. The summed E-state index contributed by atoms with van der Waals surface area (Å²) in [7, 11) is -2.28. The van der Waals surface area contributed by atoms with Gasteiger partial charge in [0, 0.05) is 33.9 Å². The second kappa shape index (κ2) is 7.43. The molecule has 0 radical (unpaired) electrons. The van der Waals surface area contributed by atoms with Gasteiger partial charge in [-0.2, -0.15) is 0 Å². The second-order valence-electron chi connectivity index (χ2n) is 8.77. The molecule has 0 aromatic heterocycles. The van der Waals surface area contributed by atoms with Crippen molar-refractivity contribution >= 4 is 31.1 Å². The van der Waals surface area contributed by atoms with Crippen LogP contribution in [0.2, 0.25) is 13.1 Å². The summed E-state index contributed by atoms with van der Waals surface area (Å²) in [5.41, 5.74) is 10.3. The van der Waals surface area contributed by atoms with Crippen LogP contribution in [0.1, 0.15) is 11.1 Å². The molecule has 0 aliphatic carbocycles. The molecule has 5 rings (SSSR count). The van der Waals surface area contributed by atoms with Crippen LogP contribution in [0.15, 0.2) is 97.1 Å². The highest BCUT2D eigenvalue weighted by atomic mass is 28.3. The first-order chi connectivity index (χ1) is 15.0. The predicted molar refractivity (Wildman–Crippen MR) is 136 cm³/mol. The number of fused-ring (bicyclic) bond motifs is 3. The van der Waals surface area contributed by atoms with Crippen molar-refractivity contribution in [2.45, 2.75) is 26.9 Å². The summed E-state index contributed by atoms with van der Waals surface area (Å²) in [4.78, 5) is 0. The van der Waals surface area contributed by atoms with Gasteiger partial charge in [-0.3, -0.25) is 0 Å². The maximum Gasteiger partial charge on any atom is 0.267 e. The van der Waals surface area contributed by atoms with Crippen molar-refractivity contribution in [3.63, 3.8) is 0 Å². The van der Waals surface area contributed by atoms with E-state index >= 15 is 0 Å². The third-order valence-corrected chi connectivity index (χ3v) is 9.54. The molecule has 0 N–H and O–H groups in total. The molecular formula is C28H28N2Si. The van der Waals surface area contributed by atoms with Crippen molar-refractivity contribution < 1.29 is 0 Å². The predicted octanol–water partition coefficient (Wildman–Crippen LogP) is 7.96. The van der Waals surface area contributed by atoms with Gasteiger partial charge in [0.25, 0.3) is 8.40 Å². The zero-order valence-corrected chi connectivity index (χ0v) is 19.6. The zero-order chi connectivity index (χ0) is 21.6. The number of rotatable bonds is 2. The first-order valence-electron chi connectivity index (χ1n) is 10.9. The monoisotopic (exact) mass is 420 g/mol. The van der Waals surface area contributed by atoms with E-state index in [1.807, 2.05) is 0 Å². The number of aryl methyl sites for hydroxylation is 2. The molecule has 0 saturated carbocycles. The number of para-hydroxylation sites is 4. The SMILES string of the molecule is Cc1ccccc1N1c2ccccc2-c2ccccc2N(c2ccccc2C)[Si]1(C)C. The number of anilines is 4. The summed E-state index contributed by atoms with van der Waals surface area (Å²) in [5, 5.41) is 0. The minimum Gasteiger partial charge on any atom is -0.350 e. The van der Waals surface area contributed by atoms with Gasteiger partial charge in [-0.05, 0) is 62.3 Å². The van der Waals surface area contributed by atoms with E-state index in [2.05, 4.69) is 133 Å². The van der Waals surface area contributed by atoms with Crippen LogP contribution in [0.5, 0.6) is 0 Å². The Morgan fingerprint density at radius 2 is 0.774 bits per heavy atom. The Morgan fingerprint density at radius 1 is 0.452 bits per heavy atom. The fourth-order valence-electron chi connectivity index (χ4n) is 4.96. The Hall–Kier alpha value is -3.30. The van der Waals surface area contributed by atoms with E-state index in [0.29, 0.717) is 0 Å². The highest BCUT2D eigenvalue weighted by Gasteiger charge is 2.44. The topological polar surface area (TPSA) is 6.48 Å². The molecule has 154 valence electrons. The van der Waals surface area contributed by atoms with Crippen molar-refractivity contribution in [2.24, 2.45) is 0 Å². The third-order valence-electron chi connectivity index (χ3n) is 6.39. The standard InChI is InChI=1S/C28H28N2Si/c1-21-13-5-9-17-25(21)29-27-19-11-7-15-23(27)24-16-8-12-20-28(24)30(31(29,3)4)26-18-10-6-14-22(26)2/h5-20H,1-4H3. The molecule has 0 atom stereocenters. The van der Waals surface area contributed by atoms with Crippen LogP contribution >= 0.6 is 0 Å². The van der Waals surface area contributed by atoms with Crippen molar-refractivity contribution in [2.75, 3.05) is 9.13 Å². The van der Waals surface area contributed by atoms with Gasteiger partial charge in [-0.25, -0.2) is 0 Å². The summed E-state index contributed by atoms with van der Waals surface area (Å²) in [6.07, 6.45) is 0. The molecule has 4 aromatic rings. The van der Waals surface area contributed by atoms with Gasteiger partial charge in [0.2, 0.25) is 0 Å². The van der Waals surface area contributed by atoms with Crippen molar-refractivity contribution in [3.8, 4) is 11.1 Å². The van der Waals surface area contributed by atoms with E-state index < -0.39 is 8.40 Å². The number of nitrogens with zero attached hydrogens (tertiary/aromatic N) is 2. The Labute approximate surface area is 186 Å². The molecule has 31 heavy (non-hydrogen) atoms. The molecule has 0 bridgehead atoms. The highest BCUT2D eigenvalue weighted by Crippen LogP contribution is 2.50. The molecule has 0 saturated heterocycles. The zero-order valence-electron chi connectivity index (χ0n) is 18.6. The first kappa shape index (κ1) is 19.6. The lowest BCUT2D eigenvalue weighted by Crippen LogP contribution is -2.58. The number of benzene rings is 4. The lowest BCUT2D eigenvalue weighted by molar-refractivity contribution is 1.21. The molecule has 1 aliphatic rings. The normalized spacial score (nSPS) is 14.6. The average Bonchev–Trinajstić information content (AvgIpc) is 2.85. The van der Waals surface area contributed by atoms with Gasteiger partial charge in [-0.1, -0.05) is 72.8 Å². The van der Waals surface area contributed by atoms with Gasteiger partial charge >= 0.3 is 0 Å². The third kappa shape index (κ3) is 3.08. The maximum atomic E-state index is 2.64. The maximum absolute atomic E-state index is 2.64. The largest absolute Gasteiger partial charge is 0.350 e. The number of hydrogen-bond acceptors (Lipinski definition) is 2. The Balaban J connectivity index is 1.90. The summed E-state index contributed by atoms with van der Waals surface area (Å²) < 4.78 is 5.29. The van der Waals surface area contributed by atoms with Crippen LogP contribution in [0, 0.1) is 13.8 Å². The molecule has 0 fully saturated rings. The van der Waals surface area contributed by atoms with Crippen LogP contribution in [-0.4, -0.2) is 8.40 Å². The Kier molecular flexibility index (Phi) is 4.71. The molecule has 0 amide bonds. The van der Waals surface area contributed by atoms with E-state index in [1.165, 1.54) is 45.0 Å². The molecule has 1 heterocycles. The van der Waals surface area contributed by atoms with Crippen LogP contribution in [0.4, 0.5) is 22.7 Å². The minimum absolute atomic E-state index is 1.29. The second-order valence-corrected chi connectivity index (χ2v) is 12.7. The molecule has 0 spiro atoms. The van der Waals surface area contributed by atoms with Gasteiger partial charge in [0.15, 0.2) is 0 Å². The van der Waals surface area contributed by atoms with Crippen molar-refractivity contribution in [3.05, 3.63) is 108 Å². The first-order valence-corrected chi connectivity index (χ1v) is 13.8. The van der Waals surface area contributed by atoms with Gasteiger partial charge in [0.1, 0.15) is 0 Å². The molecule has 0 unspecified atom stereocenters. The lowest BCUT2D eigenvalue weighted by atomic mass is 10.0. The van der Waals surface area contributed by atoms with E-state index in [1.54, 1.807) is 0 Å². The highest BCUT2D eigenvalue weighted by molar-refractivity contribution is 6.87. The molecule has 1 aliphatic heterocycles. The number of hydrogen-bond donors (Lipinski definition) is 0. The van der Waals surface area contributed by atoms with Crippen LogP contribution < -0.4 is 9.13 Å². The van der Waals surface area contributed by atoms with E-state index in [9.17, 15) is 0 Å². The smallest absolute Gasteiger partial charge is 0.267 e. The van der Waals surface area contributed by atoms with Crippen LogP contribution in [-0.2, 0) is 0 Å². The van der Waals surface area contributed by atoms with Gasteiger partial charge in [-0.15, -0.1) is 0 Å². The van der Waals surface area contributed by atoms with E-state index in [-0.39, 0.29) is 0 Å². The summed E-state index contributed by atoms with van der Waals surface area (Å²) >= 11 is 0. The van der Waals surface area contributed by atoms with Crippen LogP contribution in [0.25, 0.3) is 11.1 Å². The molecular weight excluding hydrogens is 392 g/mol. The van der Waals surface area contributed by atoms with Gasteiger partial charge in [0.05, 0.1) is 0 Å². The fraction of sp³-hybridized carbons (Fsp3) is 0.143. The fourth-order valence-corrected chi connectivity index (χ4v) is 8.41. The quantitative estimate of drug-likeness (QED) is 0.303. The minimum atomic E-state index is -2.28. The van der Waals surface area contributed by atoms with Crippen molar-refractivity contribution in [1.82, 2.24) is 0 Å². The van der Waals surface area contributed by atoms with Crippen LogP contribution in [0.3, 0.4) is 0 Å². The summed E-state index contributed by atoms with van der Waals surface area (Å²) in [6.45, 7) is 9.37. The average molecular weight is 421 g/mol. The Bertz CT molecular complexity index is 1160. The van der Waals surface area contributed by atoms with E-state index in [0.717, 1.165) is 0 Å². The summed E-state index contributed by atoms with van der Waals surface area (Å²) in [5.74, 6) is 0. The molecule has 4 aromatic carbocycles. The molecule has 2 nitrogen and oxygen atoms in total. The van der Waals surface area contributed by atoms with Gasteiger partial charge < -0.3 is 9.13 Å².